The van der Waals surface area contributed by atoms with Gasteiger partial charge in [0.1, 0.15) is 13.2 Å². The lowest BCUT2D eigenvalue weighted by Gasteiger charge is -2.18. The van der Waals surface area contributed by atoms with Crippen LogP contribution in [0.3, 0.4) is 0 Å². The molecular weight excluding hydrogens is 1020 g/mol. The second kappa shape index (κ2) is 72.6. The molecule has 0 aliphatic rings. The number of unbranched alkanes of at least 4 members (excludes halogenated alkanes) is 59. The quantitative estimate of drug-likeness (QED) is 0.0261. The minimum atomic E-state index is -0.764. The zero-order valence-corrected chi connectivity index (χ0v) is 56.8. The normalized spacial score (nSPS) is 12.0. The van der Waals surface area contributed by atoms with Crippen molar-refractivity contribution in [3.63, 3.8) is 0 Å². The third kappa shape index (κ3) is 70.8. The van der Waals surface area contributed by atoms with Gasteiger partial charge in [-0.15, -0.1) is 0 Å². The lowest BCUT2D eigenvalue weighted by molar-refractivity contribution is -0.167. The summed E-state index contributed by atoms with van der Waals surface area (Å²) < 4.78 is 17.0. The maximum Gasteiger partial charge on any atom is 0.306 e. The fraction of sp³-hybridized carbons (Fsp3) is 0.935. The van der Waals surface area contributed by atoms with E-state index in [1.54, 1.807) is 0 Å². The number of esters is 3. The molecule has 1 unspecified atom stereocenters. The molecule has 1 atom stereocenters. The second-order valence-corrected chi connectivity index (χ2v) is 26.3. The molecule has 492 valence electrons. The molecule has 0 bridgehead atoms. The van der Waals surface area contributed by atoms with Crippen molar-refractivity contribution in [2.45, 2.75) is 451 Å². The molecule has 83 heavy (non-hydrogen) atoms. The van der Waals surface area contributed by atoms with Crippen LogP contribution in [0, 0.1) is 0 Å². The molecule has 0 saturated carbocycles. The standard InChI is InChI=1S/C77H148O6/c1-4-7-10-13-16-19-22-25-28-29-30-31-32-33-34-35-36-37-38-39-40-41-42-43-44-45-46-47-50-52-55-58-61-64-67-70-76(79)82-73-74(83-77(80)71-68-65-62-59-56-53-49-27-24-21-18-15-12-9-6-3)72-81-75(78)69-66-63-60-57-54-51-48-26-23-20-17-14-11-8-5-2/h29-30,74H,4-28,31-73H2,1-3H3/b30-29-. The zero-order valence-electron chi connectivity index (χ0n) is 56.8. The van der Waals surface area contributed by atoms with Crippen LogP contribution in [-0.2, 0) is 28.6 Å². The maximum atomic E-state index is 12.9. The van der Waals surface area contributed by atoms with Crippen molar-refractivity contribution in [1.82, 2.24) is 0 Å². The molecule has 0 saturated heterocycles. The average Bonchev–Trinajstić information content (AvgIpc) is 3.49. The predicted molar refractivity (Wildman–Crippen MR) is 363 cm³/mol. The molecule has 0 aromatic heterocycles. The van der Waals surface area contributed by atoms with Gasteiger partial charge in [0.25, 0.3) is 0 Å². The number of carbonyl (C=O) groups is 3. The van der Waals surface area contributed by atoms with E-state index >= 15 is 0 Å². The lowest BCUT2D eigenvalue weighted by Crippen LogP contribution is -2.30. The Bertz CT molecular complexity index is 1300. The number of rotatable bonds is 72. The van der Waals surface area contributed by atoms with Crippen molar-refractivity contribution >= 4 is 17.9 Å². The van der Waals surface area contributed by atoms with Crippen LogP contribution in [0.15, 0.2) is 12.2 Å². The zero-order chi connectivity index (χ0) is 59.9. The molecule has 0 aromatic carbocycles. The Balaban J connectivity index is 4.04. The van der Waals surface area contributed by atoms with Crippen LogP contribution in [0.25, 0.3) is 0 Å². The SMILES string of the molecule is CCCCCCCCCC/C=C\CCCCCCCCCCCCCCCCCCCCCCCCCC(=O)OCC(COC(=O)CCCCCCCCCCCCCCCCC)OC(=O)CCCCCCCCCCCCCCCCC. The van der Waals surface area contributed by atoms with Crippen molar-refractivity contribution in [1.29, 1.82) is 0 Å². The molecule has 0 aliphatic carbocycles. The number of hydrogen-bond acceptors (Lipinski definition) is 6. The van der Waals surface area contributed by atoms with Crippen LogP contribution in [0.2, 0.25) is 0 Å². The molecule has 6 nitrogen and oxygen atoms in total. The number of allylic oxidation sites excluding steroid dienone is 2. The first-order chi connectivity index (χ1) is 41.0. The van der Waals surface area contributed by atoms with E-state index in [9.17, 15) is 14.4 Å². The third-order valence-electron chi connectivity index (χ3n) is 17.8. The Kier molecular flexibility index (Phi) is 71.0. The molecule has 0 fully saturated rings. The van der Waals surface area contributed by atoms with Gasteiger partial charge in [-0.2, -0.15) is 0 Å². The molecule has 0 radical (unpaired) electrons. The van der Waals surface area contributed by atoms with E-state index in [0.29, 0.717) is 19.3 Å². The Labute approximate surface area is 520 Å². The van der Waals surface area contributed by atoms with Crippen LogP contribution >= 0.6 is 0 Å². The molecule has 0 aliphatic heterocycles. The summed E-state index contributed by atoms with van der Waals surface area (Å²) in [6, 6.07) is 0. The number of hydrogen-bond donors (Lipinski definition) is 0. The summed E-state index contributed by atoms with van der Waals surface area (Å²) in [5.74, 6) is -0.822. The van der Waals surface area contributed by atoms with Crippen LogP contribution in [0.5, 0.6) is 0 Å². The highest BCUT2D eigenvalue weighted by Gasteiger charge is 2.20. The van der Waals surface area contributed by atoms with E-state index in [-0.39, 0.29) is 31.1 Å². The van der Waals surface area contributed by atoms with E-state index in [0.717, 1.165) is 57.8 Å². The molecule has 0 heterocycles. The van der Waals surface area contributed by atoms with Gasteiger partial charge < -0.3 is 14.2 Å². The Morgan fingerprint density at radius 2 is 0.398 bits per heavy atom. The average molecular weight is 1170 g/mol. The first kappa shape index (κ1) is 81.2. The number of carbonyl (C=O) groups excluding carboxylic acids is 3. The van der Waals surface area contributed by atoms with Crippen molar-refractivity contribution in [3.05, 3.63) is 12.2 Å². The van der Waals surface area contributed by atoms with Crippen molar-refractivity contribution in [2.75, 3.05) is 13.2 Å². The smallest absolute Gasteiger partial charge is 0.306 e. The summed E-state index contributed by atoms with van der Waals surface area (Å²) in [6.07, 6.45) is 88.5. The summed E-state index contributed by atoms with van der Waals surface area (Å²) in [5.41, 5.74) is 0. The van der Waals surface area contributed by atoms with Crippen molar-refractivity contribution in [2.24, 2.45) is 0 Å². The van der Waals surface area contributed by atoms with Gasteiger partial charge in [0.2, 0.25) is 0 Å². The Morgan fingerprint density at radius 1 is 0.229 bits per heavy atom. The summed E-state index contributed by atoms with van der Waals surface area (Å²) >= 11 is 0. The highest BCUT2D eigenvalue weighted by Crippen LogP contribution is 2.20. The summed E-state index contributed by atoms with van der Waals surface area (Å²) in [7, 11) is 0. The summed E-state index contributed by atoms with van der Waals surface area (Å²) in [5, 5.41) is 0. The monoisotopic (exact) mass is 1170 g/mol. The lowest BCUT2D eigenvalue weighted by atomic mass is 10.0. The van der Waals surface area contributed by atoms with Crippen LogP contribution in [0.1, 0.15) is 445 Å². The fourth-order valence-corrected chi connectivity index (χ4v) is 12.0. The minimum absolute atomic E-state index is 0.0613. The van der Waals surface area contributed by atoms with Crippen molar-refractivity contribution in [3.8, 4) is 0 Å². The molecule has 0 N–H and O–H groups in total. The first-order valence-electron chi connectivity index (χ1n) is 38.2. The van der Waals surface area contributed by atoms with E-state index in [1.807, 2.05) is 0 Å². The largest absolute Gasteiger partial charge is 0.462 e. The molecule has 0 amide bonds. The Morgan fingerprint density at radius 3 is 0.602 bits per heavy atom. The van der Waals surface area contributed by atoms with Crippen LogP contribution in [0.4, 0.5) is 0 Å². The van der Waals surface area contributed by atoms with E-state index in [4.69, 9.17) is 14.2 Å². The summed E-state index contributed by atoms with van der Waals surface area (Å²) in [6.45, 7) is 6.73. The van der Waals surface area contributed by atoms with Crippen LogP contribution in [-0.4, -0.2) is 37.2 Å². The van der Waals surface area contributed by atoms with Gasteiger partial charge in [-0.3, -0.25) is 14.4 Å². The first-order valence-corrected chi connectivity index (χ1v) is 38.2. The fourth-order valence-electron chi connectivity index (χ4n) is 12.0. The Hall–Kier alpha value is -1.85. The molecule has 0 rings (SSSR count). The van der Waals surface area contributed by atoms with Gasteiger partial charge in [0.05, 0.1) is 0 Å². The van der Waals surface area contributed by atoms with Gasteiger partial charge in [0.15, 0.2) is 6.10 Å². The highest BCUT2D eigenvalue weighted by atomic mass is 16.6. The van der Waals surface area contributed by atoms with E-state index in [1.165, 1.54) is 347 Å². The topological polar surface area (TPSA) is 78.9 Å². The minimum Gasteiger partial charge on any atom is -0.462 e. The molecule has 6 heteroatoms. The number of ether oxygens (including phenoxy) is 3. The molecule has 0 aromatic rings. The maximum absolute atomic E-state index is 12.9. The highest BCUT2D eigenvalue weighted by molar-refractivity contribution is 5.71. The summed E-state index contributed by atoms with van der Waals surface area (Å²) in [4.78, 5) is 38.4. The molecular formula is C77H148O6. The van der Waals surface area contributed by atoms with E-state index in [2.05, 4.69) is 32.9 Å². The second-order valence-electron chi connectivity index (χ2n) is 26.3. The van der Waals surface area contributed by atoms with Crippen molar-refractivity contribution < 1.29 is 28.6 Å². The van der Waals surface area contributed by atoms with Gasteiger partial charge in [-0.05, 0) is 44.9 Å². The molecule has 0 spiro atoms. The van der Waals surface area contributed by atoms with Gasteiger partial charge in [0, 0.05) is 19.3 Å². The van der Waals surface area contributed by atoms with Gasteiger partial charge in [-0.25, -0.2) is 0 Å². The predicted octanol–water partition coefficient (Wildman–Crippen LogP) is 26.3. The van der Waals surface area contributed by atoms with E-state index < -0.39 is 6.10 Å². The van der Waals surface area contributed by atoms with Crippen LogP contribution < -0.4 is 0 Å². The van der Waals surface area contributed by atoms with Gasteiger partial charge >= 0.3 is 17.9 Å². The van der Waals surface area contributed by atoms with Gasteiger partial charge in [-0.1, -0.05) is 392 Å². The third-order valence-corrected chi connectivity index (χ3v) is 17.8.